The lowest BCUT2D eigenvalue weighted by molar-refractivity contribution is -0.0220. The van der Waals surface area contributed by atoms with Crippen LogP contribution < -0.4 is 5.56 Å². The largest absolute Gasteiger partial charge is 0.370 e. The summed E-state index contributed by atoms with van der Waals surface area (Å²) in [5.74, 6) is 0. The van der Waals surface area contributed by atoms with E-state index in [2.05, 4.69) is 13.8 Å². The van der Waals surface area contributed by atoms with E-state index in [0.29, 0.717) is 6.54 Å². The van der Waals surface area contributed by atoms with Crippen molar-refractivity contribution in [1.29, 1.82) is 5.26 Å². The van der Waals surface area contributed by atoms with Crippen LogP contribution in [0.15, 0.2) is 23.1 Å². The highest BCUT2D eigenvalue weighted by Crippen LogP contribution is 2.29. The minimum atomic E-state index is -0.233. The van der Waals surface area contributed by atoms with Crippen molar-refractivity contribution >= 4 is 0 Å². The number of hydrogen-bond donors (Lipinski definition) is 0. The van der Waals surface area contributed by atoms with Gasteiger partial charge in [0.2, 0.25) is 0 Å². The molecule has 1 unspecified atom stereocenters. The fourth-order valence-corrected chi connectivity index (χ4v) is 2.19. The Morgan fingerprint density at radius 2 is 2.41 bits per heavy atom. The molecule has 1 atom stereocenters. The molecule has 0 saturated carbocycles. The van der Waals surface area contributed by atoms with E-state index in [1.54, 1.807) is 16.8 Å². The van der Waals surface area contributed by atoms with Gasteiger partial charge >= 0.3 is 0 Å². The van der Waals surface area contributed by atoms with Crippen LogP contribution in [0, 0.1) is 11.3 Å². The van der Waals surface area contributed by atoms with Gasteiger partial charge in [-0.1, -0.05) is 0 Å². The van der Waals surface area contributed by atoms with Gasteiger partial charge in [-0.2, -0.15) is 5.26 Å². The first kappa shape index (κ1) is 11.9. The molecule has 4 heteroatoms. The van der Waals surface area contributed by atoms with Crippen molar-refractivity contribution in [3.63, 3.8) is 0 Å². The van der Waals surface area contributed by atoms with Crippen molar-refractivity contribution in [1.82, 2.24) is 4.57 Å². The molecule has 0 radical (unpaired) electrons. The van der Waals surface area contributed by atoms with Crippen LogP contribution in [0.3, 0.4) is 0 Å². The van der Waals surface area contributed by atoms with Crippen molar-refractivity contribution in [2.24, 2.45) is 0 Å². The SMILES string of the molecule is CC1(C)CCC(Cn2cccc(C#N)c2=O)O1. The summed E-state index contributed by atoms with van der Waals surface area (Å²) in [5.41, 5.74) is -0.144. The highest BCUT2D eigenvalue weighted by Gasteiger charge is 2.31. The van der Waals surface area contributed by atoms with E-state index in [-0.39, 0.29) is 22.8 Å². The van der Waals surface area contributed by atoms with E-state index in [1.165, 1.54) is 6.07 Å². The molecular weight excluding hydrogens is 216 g/mol. The molecule has 2 heterocycles. The molecule has 17 heavy (non-hydrogen) atoms. The summed E-state index contributed by atoms with van der Waals surface area (Å²) >= 11 is 0. The summed E-state index contributed by atoms with van der Waals surface area (Å²) in [6.07, 6.45) is 3.73. The first-order valence-corrected chi connectivity index (χ1v) is 5.79. The number of nitrogens with zero attached hydrogens (tertiary/aromatic N) is 2. The number of pyridine rings is 1. The Labute approximate surface area is 100 Å². The minimum absolute atomic E-state index is 0.0663. The Hall–Kier alpha value is -1.60. The Morgan fingerprint density at radius 1 is 1.65 bits per heavy atom. The van der Waals surface area contributed by atoms with Crippen LogP contribution in [0.5, 0.6) is 0 Å². The standard InChI is InChI=1S/C13H16N2O2/c1-13(2)6-5-11(17-13)9-15-7-3-4-10(8-14)12(15)16/h3-4,7,11H,5-6,9H2,1-2H3. The van der Waals surface area contributed by atoms with Gasteiger partial charge < -0.3 is 9.30 Å². The third-order valence-electron chi connectivity index (χ3n) is 3.10. The third kappa shape index (κ3) is 2.56. The van der Waals surface area contributed by atoms with Crippen molar-refractivity contribution in [2.45, 2.75) is 44.9 Å². The van der Waals surface area contributed by atoms with E-state index >= 15 is 0 Å². The average Bonchev–Trinajstić information content (AvgIpc) is 2.61. The van der Waals surface area contributed by atoms with Crippen molar-refractivity contribution < 1.29 is 4.74 Å². The maximum atomic E-state index is 11.8. The number of rotatable bonds is 2. The van der Waals surface area contributed by atoms with Crippen LogP contribution in [0.25, 0.3) is 0 Å². The molecule has 0 spiro atoms. The summed E-state index contributed by atoms with van der Waals surface area (Å²) in [7, 11) is 0. The van der Waals surface area contributed by atoms with Gasteiger partial charge in [0.25, 0.3) is 5.56 Å². The van der Waals surface area contributed by atoms with Crippen LogP contribution in [0.1, 0.15) is 32.3 Å². The molecule has 1 aliphatic rings. The Bertz CT molecular complexity index is 511. The molecule has 0 N–H and O–H groups in total. The lowest BCUT2D eigenvalue weighted by Gasteiger charge is -2.19. The normalized spacial score (nSPS) is 22.3. The van der Waals surface area contributed by atoms with Gasteiger partial charge in [0.1, 0.15) is 11.6 Å². The molecule has 1 saturated heterocycles. The van der Waals surface area contributed by atoms with Gasteiger partial charge in [0.05, 0.1) is 18.2 Å². The van der Waals surface area contributed by atoms with Crippen molar-refractivity contribution in [3.05, 3.63) is 34.2 Å². The summed E-state index contributed by atoms with van der Waals surface area (Å²) in [6, 6.07) is 5.16. The summed E-state index contributed by atoms with van der Waals surface area (Å²) in [4.78, 5) is 11.8. The smallest absolute Gasteiger partial charge is 0.268 e. The summed E-state index contributed by atoms with van der Waals surface area (Å²) in [5, 5.41) is 8.79. The van der Waals surface area contributed by atoms with Gasteiger partial charge in [-0.15, -0.1) is 0 Å². The lowest BCUT2D eigenvalue weighted by Crippen LogP contribution is -2.29. The zero-order chi connectivity index (χ0) is 12.5. The topological polar surface area (TPSA) is 55.0 Å². The molecule has 90 valence electrons. The molecule has 1 aromatic heterocycles. The zero-order valence-electron chi connectivity index (χ0n) is 10.1. The predicted octanol–water partition coefficient (Wildman–Crippen LogP) is 1.68. The van der Waals surface area contributed by atoms with E-state index in [0.717, 1.165) is 12.8 Å². The zero-order valence-corrected chi connectivity index (χ0v) is 10.1. The van der Waals surface area contributed by atoms with E-state index in [1.807, 2.05) is 6.07 Å². The van der Waals surface area contributed by atoms with Crippen LogP contribution in [0.2, 0.25) is 0 Å². The predicted molar refractivity (Wildman–Crippen MR) is 63.6 cm³/mol. The lowest BCUT2D eigenvalue weighted by atomic mass is 10.1. The Kier molecular flexibility index (Phi) is 3.03. The Balaban J connectivity index is 2.16. The third-order valence-corrected chi connectivity index (χ3v) is 3.10. The highest BCUT2D eigenvalue weighted by molar-refractivity contribution is 5.24. The quantitative estimate of drug-likeness (QED) is 0.779. The first-order chi connectivity index (χ1) is 8.02. The second-order valence-electron chi connectivity index (χ2n) is 5.03. The van der Waals surface area contributed by atoms with Gasteiger partial charge in [-0.05, 0) is 38.8 Å². The van der Waals surface area contributed by atoms with E-state index < -0.39 is 0 Å². The van der Waals surface area contributed by atoms with Crippen LogP contribution in [-0.4, -0.2) is 16.3 Å². The summed E-state index contributed by atoms with van der Waals surface area (Å²) in [6.45, 7) is 4.64. The maximum Gasteiger partial charge on any atom is 0.268 e. The van der Waals surface area contributed by atoms with Crippen LogP contribution in [-0.2, 0) is 11.3 Å². The van der Waals surface area contributed by atoms with Gasteiger partial charge in [-0.25, -0.2) is 0 Å². The molecular formula is C13H16N2O2. The van der Waals surface area contributed by atoms with Crippen LogP contribution >= 0.6 is 0 Å². The number of hydrogen-bond acceptors (Lipinski definition) is 3. The average molecular weight is 232 g/mol. The summed E-state index contributed by atoms with van der Waals surface area (Å²) < 4.78 is 7.40. The van der Waals surface area contributed by atoms with Crippen LogP contribution in [0.4, 0.5) is 0 Å². The molecule has 1 aliphatic heterocycles. The second kappa shape index (κ2) is 4.34. The molecule has 2 rings (SSSR count). The highest BCUT2D eigenvalue weighted by atomic mass is 16.5. The van der Waals surface area contributed by atoms with Gasteiger partial charge in [-0.3, -0.25) is 4.79 Å². The molecule has 0 aliphatic carbocycles. The molecule has 0 amide bonds. The fourth-order valence-electron chi connectivity index (χ4n) is 2.19. The molecule has 0 aromatic carbocycles. The molecule has 4 nitrogen and oxygen atoms in total. The molecule has 1 fully saturated rings. The fraction of sp³-hybridized carbons (Fsp3) is 0.538. The minimum Gasteiger partial charge on any atom is -0.370 e. The number of aromatic nitrogens is 1. The number of nitriles is 1. The van der Waals surface area contributed by atoms with Crippen molar-refractivity contribution in [3.8, 4) is 6.07 Å². The first-order valence-electron chi connectivity index (χ1n) is 5.79. The van der Waals surface area contributed by atoms with E-state index in [9.17, 15) is 4.79 Å². The molecule has 0 bridgehead atoms. The molecule has 1 aromatic rings. The number of ether oxygens (including phenoxy) is 1. The van der Waals surface area contributed by atoms with Gasteiger partial charge in [0, 0.05) is 6.20 Å². The van der Waals surface area contributed by atoms with Gasteiger partial charge in [0.15, 0.2) is 0 Å². The maximum absolute atomic E-state index is 11.8. The Morgan fingerprint density at radius 3 is 3.00 bits per heavy atom. The monoisotopic (exact) mass is 232 g/mol. The van der Waals surface area contributed by atoms with E-state index in [4.69, 9.17) is 10.00 Å². The van der Waals surface area contributed by atoms with Crippen molar-refractivity contribution in [2.75, 3.05) is 0 Å². The second-order valence-corrected chi connectivity index (χ2v) is 5.03.